The molecule has 800 valence electrons. The molecule has 10 aromatic rings. The Kier molecular flexibility index (Phi) is 64.7. The van der Waals surface area contributed by atoms with Crippen LogP contribution in [0.1, 0.15) is 616 Å². The Morgan fingerprint density at radius 3 is 0.559 bits per heavy atom. The van der Waals surface area contributed by atoms with Crippen molar-refractivity contribution >= 4 is 0 Å². The molecular formula is C125H209N17O. The summed E-state index contributed by atoms with van der Waals surface area (Å²) >= 11 is 0. The van der Waals surface area contributed by atoms with E-state index < -0.39 is 0 Å². The first-order chi connectivity index (χ1) is 66.8. The molecule has 18 heteroatoms. The van der Waals surface area contributed by atoms with Gasteiger partial charge in [-0.05, 0) is 213 Å². The Hall–Kier alpha value is -8.93. The predicted octanol–water partition coefficient (Wildman–Crippen LogP) is 36.9. The highest BCUT2D eigenvalue weighted by Crippen LogP contribution is 2.39. The van der Waals surface area contributed by atoms with E-state index >= 15 is 0 Å². The van der Waals surface area contributed by atoms with Crippen LogP contribution in [0.3, 0.4) is 0 Å². The highest BCUT2D eigenvalue weighted by molar-refractivity contribution is 5.28. The fourth-order valence-electron chi connectivity index (χ4n) is 14.8. The summed E-state index contributed by atoms with van der Waals surface area (Å²) < 4.78 is 5.14. The van der Waals surface area contributed by atoms with E-state index in [9.17, 15) is 0 Å². The Labute approximate surface area is 876 Å². The van der Waals surface area contributed by atoms with Crippen LogP contribution in [0, 0.1) is 47.3 Å². The van der Waals surface area contributed by atoms with Gasteiger partial charge in [-0.25, -0.2) is 29.9 Å². The average Bonchev–Trinajstić information content (AvgIpc) is 1.72. The van der Waals surface area contributed by atoms with Gasteiger partial charge in [0.2, 0.25) is 0 Å². The van der Waals surface area contributed by atoms with Gasteiger partial charge in [0.25, 0.3) is 0 Å². The van der Waals surface area contributed by atoms with Gasteiger partial charge >= 0.3 is 0 Å². The summed E-state index contributed by atoms with van der Waals surface area (Å²) in [6, 6.07) is 28.5. The molecule has 0 spiro atoms. The lowest BCUT2D eigenvalue weighted by Gasteiger charge is -2.33. The van der Waals surface area contributed by atoms with Crippen LogP contribution in [0.15, 0.2) is 133 Å². The van der Waals surface area contributed by atoms with Crippen LogP contribution in [-0.4, -0.2) is 85.8 Å². The van der Waals surface area contributed by atoms with Crippen molar-refractivity contribution in [2.75, 3.05) is 0 Å². The van der Waals surface area contributed by atoms with E-state index in [-0.39, 0.29) is 0 Å². The number of benzene rings is 2. The average molecular weight is 1970 g/mol. The minimum absolute atomic E-state index is 0.360. The zero-order valence-corrected chi connectivity index (χ0v) is 100.0. The second-order valence-electron chi connectivity index (χ2n) is 47.3. The molecular weight excluding hydrogens is 1760 g/mol. The molecule has 2 unspecified atom stereocenters. The van der Waals surface area contributed by atoms with Gasteiger partial charge in [-0.3, -0.25) is 9.97 Å². The molecule has 0 saturated heterocycles. The first kappa shape index (κ1) is 132. The molecule has 8 aromatic heterocycles. The predicted molar refractivity (Wildman–Crippen MR) is 611 cm³/mol. The number of rotatable bonds is 24. The zero-order valence-electron chi connectivity index (χ0n) is 100.0. The molecule has 0 amide bonds. The molecule has 2 fully saturated rings. The highest BCUT2D eigenvalue weighted by atomic mass is 16.5. The number of aromatic nitrogens is 17. The number of hydrogen-bond acceptors (Lipinski definition) is 18. The van der Waals surface area contributed by atoms with Crippen molar-refractivity contribution in [3.05, 3.63) is 242 Å². The molecule has 2 aromatic carbocycles. The Morgan fingerprint density at radius 1 is 0.182 bits per heavy atom. The molecule has 2 aliphatic carbocycles. The van der Waals surface area contributed by atoms with Crippen LogP contribution in [0.25, 0.3) is 0 Å². The van der Waals surface area contributed by atoms with Gasteiger partial charge in [0.1, 0.15) is 11.6 Å². The molecule has 0 radical (unpaired) electrons. The molecule has 12 rings (SSSR count). The zero-order chi connectivity index (χ0) is 109. The Morgan fingerprint density at radius 2 is 0.399 bits per heavy atom. The minimum Gasteiger partial charge on any atom is -0.361 e. The van der Waals surface area contributed by atoms with Crippen LogP contribution in [-0.2, 0) is 0 Å². The summed E-state index contributed by atoms with van der Waals surface area (Å²) in [4.78, 5) is 34.3. The molecule has 2 atom stereocenters. The lowest BCUT2D eigenvalue weighted by Crippen LogP contribution is -2.22. The Balaban J connectivity index is 0.000000780. The largest absolute Gasteiger partial charge is 0.361 e. The minimum atomic E-state index is 0.360. The van der Waals surface area contributed by atoms with Crippen molar-refractivity contribution in [1.82, 2.24) is 85.8 Å². The molecule has 2 aliphatic rings. The van der Waals surface area contributed by atoms with E-state index in [2.05, 4.69) is 491 Å². The molecule has 8 heterocycles. The molecule has 0 N–H and O–H groups in total. The summed E-state index contributed by atoms with van der Waals surface area (Å²) in [5.74, 6) is 22.7. The standard InChI is InChI=1S/C12H24.2C12H18.C12H24.2C11H17N.C10H16N2.4C9H15N3.C9H15NO/c3*1-9(2)11-5-7-12(8-6-11)10(3)4;1-9(2)11-6-5-7-12(8-11)10(3)4;2*1-8(2)10-5-6-11(9(3)4)12-7-10;1-7(2)9-5-11-10(8(3)4)12-6-9;4*1-6(2)8-5-10-9(7(3)4)12-11-8;1-6(2)8-5-9(7(3)4)11-10-8/h9-12H,5-8H2,1-4H3;2*5-10H,1-4H3;9-12H,5-8H2,1-4H3;2*5-9H,1-4H3;5-8H,1-4H3;4*5-7H,1-4H3;5-7H,1-4H3. The van der Waals surface area contributed by atoms with Gasteiger partial charge in [-0.15, -0.1) is 20.4 Å². The first-order valence-corrected chi connectivity index (χ1v) is 55.5. The topological polar surface area (TPSA) is 232 Å². The fraction of sp³-hybridized carbons (Fsp3) is 0.672. The second-order valence-corrected chi connectivity index (χ2v) is 47.3. The monoisotopic (exact) mass is 1960 g/mol. The third-order valence-electron chi connectivity index (χ3n) is 26.4. The summed E-state index contributed by atoms with van der Waals surface area (Å²) in [6.07, 6.45) is 27.0. The van der Waals surface area contributed by atoms with E-state index in [1.54, 1.807) is 0 Å². The lowest BCUT2D eigenvalue weighted by atomic mass is 9.72. The first-order valence-electron chi connectivity index (χ1n) is 55.5. The summed E-state index contributed by atoms with van der Waals surface area (Å²) in [5.41, 5.74) is 16.8. The quantitative estimate of drug-likeness (QED) is 0.0547. The van der Waals surface area contributed by atoms with Crippen molar-refractivity contribution in [2.24, 2.45) is 47.3 Å². The molecule has 0 bridgehead atoms. The van der Waals surface area contributed by atoms with E-state index in [0.29, 0.717) is 118 Å². The van der Waals surface area contributed by atoms with Crippen molar-refractivity contribution in [3.63, 3.8) is 0 Å². The van der Waals surface area contributed by atoms with Crippen LogP contribution < -0.4 is 0 Å². The summed E-state index contributed by atoms with van der Waals surface area (Å²) in [5, 5.41) is 36.5. The van der Waals surface area contributed by atoms with Gasteiger partial charge < -0.3 is 4.52 Å². The molecule has 2 saturated carbocycles. The lowest BCUT2D eigenvalue weighted by molar-refractivity contribution is 0.177. The van der Waals surface area contributed by atoms with Crippen molar-refractivity contribution in [2.45, 2.75) is 502 Å². The number of hydrogen-bond donors (Lipinski definition) is 0. The van der Waals surface area contributed by atoms with Crippen molar-refractivity contribution in [3.8, 4) is 0 Å². The van der Waals surface area contributed by atoms with Gasteiger partial charge in [0.15, 0.2) is 23.3 Å². The maximum atomic E-state index is 5.14. The van der Waals surface area contributed by atoms with Crippen LogP contribution in [0.2, 0.25) is 0 Å². The van der Waals surface area contributed by atoms with E-state index in [1.165, 1.54) is 102 Å². The number of nitrogens with zero attached hydrogens (tertiary/aromatic N) is 17. The van der Waals surface area contributed by atoms with E-state index in [1.807, 2.05) is 55.6 Å². The van der Waals surface area contributed by atoms with Gasteiger partial charge in [-0.2, -0.15) is 20.4 Å². The second kappa shape index (κ2) is 70.0. The van der Waals surface area contributed by atoms with Crippen LogP contribution in [0.5, 0.6) is 0 Å². The maximum absolute atomic E-state index is 5.14. The molecule has 143 heavy (non-hydrogen) atoms. The van der Waals surface area contributed by atoms with E-state index in [4.69, 9.17) is 4.52 Å². The summed E-state index contributed by atoms with van der Waals surface area (Å²) in [6.45, 7) is 104. The van der Waals surface area contributed by atoms with Gasteiger partial charge in [-0.1, -0.05) is 417 Å². The smallest absolute Gasteiger partial charge is 0.153 e. The molecule has 18 nitrogen and oxygen atoms in total. The molecule has 0 aliphatic heterocycles. The SMILES string of the molecule is CC(C)C1CCC(C(C)C)CC1.CC(C)C1CCCC(C(C)C)C1.CC(C)c1cc(C(C)C)on1.CC(C)c1ccc(C(C)C)cc1.CC(C)c1ccc(C(C)C)cc1.CC(C)c1ccc(C(C)C)nc1.CC(C)c1ccc(C(C)C)nc1.CC(C)c1cnc(C(C)C)nc1.CC(C)c1cnc(C(C)C)nn1.CC(C)c1cnc(C(C)C)nn1.CC(C)c1cnc(C(C)C)nn1.CC(C)c1cnc(C(C)C)nn1. The number of pyridine rings is 2. The van der Waals surface area contributed by atoms with Crippen LogP contribution >= 0.6 is 0 Å². The Bertz CT molecular complexity index is 3700. The highest BCUT2D eigenvalue weighted by Gasteiger charge is 2.27. The third-order valence-corrected chi connectivity index (χ3v) is 26.4. The van der Waals surface area contributed by atoms with Crippen LogP contribution in [0.4, 0.5) is 0 Å². The van der Waals surface area contributed by atoms with Gasteiger partial charge in [0.05, 0.1) is 53.3 Å². The maximum Gasteiger partial charge on any atom is 0.153 e. The third kappa shape index (κ3) is 53.8. The van der Waals surface area contributed by atoms with Crippen molar-refractivity contribution in [1.29, 1.82) is 0 Å². The van der Waals surface area contributed by atoms with E-state index in [0.717, 1.165) is 111 Å². The van der Waals surface area contributed by atoms with Crippen molar-refractivity contribution < 1.29 is 4.52 Å². The fourth-order valence-corrected chi connectivity index (χ4v) is 14.8. The normalized spacial score (nSPS) is 14.6. The summed E-state index contributed by atoms with van der Waals surface area (Å²) in [7, 11) is 0. The van der Waals surface area contributed by atoms with Gasteiger partial charge in [0, 0.05) is 77.7 Å².